The van der Waals surface area contributed by atoms with Gasteiger partial charge in [-0.3, -0.25) is 9.59 Å². The van der Waals surface area contributed by atoms with Crippen LogP contribution in [-0.2, 0) is 32.2 Å². The predicted octanol–water partition coefficient (Wildman–Crippen LogP) is 5.87. The number of rotatable bonds is 15. The molecule has 1 fully saturated rings. The number of hydrogen-bond acceptors (Lipinski definition) is 8. The van der Waals surface area contributed by atoms with Crippen molar-refractivity contribution >= 4 is 34.8 Å². The van der Waals surface area contributed by atoms with Crippen molar-refractivity contribution in [2.45, 2.75) is 46.2 Å². The molecule has 3 aromatic carbocycles. The molecule has 54 heavy (non-hydrogen) atoms. The highest BCUT2D eigenvalue weighted by Crippen LogP contribution is 2.45. The lowest BCUT2D eigenvalue weighted by Crippen LogP contribution is -2.42. The second kappa shape index (κ2) is 16.7. The van der Waals surface area contributed by atoms with Crippen LogP contribution in [0.25, 0.3) is 44.4 Å². The molecule has 2 heterocycles. The highest BCUT2D eigenvalue weighted by molar-refractivity contribution is 5.90. The zero-order chi connectivity index (χ0) is 38.2. The van der Waals surface area contributed by atoms with E-state index in [2.05, 4.69) is 95.5 Å². The molecule has 0 spiro atoms. The Hall–Kier alpha value is -6.18. The number of H-pyrrole nitrogens is 2. The summed E-state index contributed by atoms with van der Waals surface area (Å²) in [6.45, 7) is 5.60. The topological polar surface area (TPSA) is 175 Å². The standard InChI is InChI=1S/C40H46N8O6/c1-5-16-47(36(49)21-43-38(51)53-3)23-34-41-19-32(45-34)27-8-6-26(7-9-27)28-10-11-30-18-31(13-12-29(30)17-28)33-20-42-35(46-33)24-48(25-40(2)14-15-40)37(50)22-44-39(52)54-4/h6-13,17-20H,5,14-16,21-25H2,1-4H3,(H,41,45)(H,42,46)(H,43,51)(H,44,52). The van der Waals surface area contributed by atoms with Crippen LogP contribution in [0.2, 0.25) is 0 Å². The van der Waals surface area contributed by atoms with Crippen LogP contribution in [0.4, 0.5) is 9.59 Å². The quantitative estimate of drug-likeness (QED) is 0.103. The summed E-state index contributed by atoms with van der Waals surface area (Å²) in [6.07, 6.45) is 5.15. The number of benzene rings is 3. The van der Waals surface area contributed by atoms with Gasteiger partial charge in [0.15, 0.2) is 0 Å². The zero-order valence-corrected chi connectivity index (χ0v) is 31.0. The Kier molecular flexibility index (Phi) is 11.6. The first kappa shape index (κ1) is 37.6. The number of nitrogens with one attached hydrogen (secondary N) is 4. The molecular weight excluding hydrogens is 688 g/mol. The molecule has 4 N–H and O–H groups in total. The summed E-state index contributed by atoms with van der Waals surface area (Å²) in [7, 11) is 2.53. The Morgan fingerprint density at radius 3 is 1.74 bits per heavy atom. The molecule has 14 nitrogen and oxygen atoms in total. The number of nitrogens with zero attached hydrogens (tertiary/aromatic N) is 4. The van der Waals surface area contributed by atoms with Crippen LogP contribution in [0.1, 0.15) is 44.8 Å². The lowest BCUT2D eigenvalue weighted by Gasteiger charge is -2.25. The number of ether oxygens (including phenoxy) is 2. The lowest BCUT2D eigenvalue weighted by molar-refractivity contribution is -0.132. The highest BCUT2D eigenvalue weighted by Gasteiger charge is 2.40. The van der Waals surface area contributed by atoms with Gasteiger partial charge in [-0.2, -0.15) is 0 Å². The van der Waals surface area contributed by atoms with Gasteiger partial charge >= 0.3 is 12.2 Å². The summed E-state index contributed by atoms with van der Waals surface area (Å²) < 4.78 is 9.18. The minimum atomic E-state index is -0.649. The summed E-state index contributed by atoms with van der Waals surface area (Å²) in [4.78, 5) is 67.8. The number of alkyl carbamates (subject to hydrolysis) is 2. The number of imidazole rings is 2. The van der Waals surface area contributed by atoms with E-state index in [4.69, 9.17) is 0 Å². The smallest absolute Gasteiger partial charge is 0.407 e. The summed E-state index contributed by atoms with van der Waals surface area (Å²) in [5.41, 5.74) is 5.89. The van der Waals surface area contributed by atoms with Gasteiger partial charge < -0.3 is 39.9 Å². The van der Waals surface area contributed by atoms with Crippen molar-refractivity contribution in [1.29, 1.82) is 0 Å². The maximum atomic E-state index is 13.0. The van der Waals surface area contributed by atoms with E-state index in [0.717, 1.165) is 63.7 Å². The van der Waals surface area contributed by atoms with Crippen LogP contribution < -0.4 is 10.6 Å². The van der Waals surface area contributed by atoms with Gasteiger partial charge in [0.25, 0.3) is 0 Å². The average Bonchev–Trinajstić information content (AvgIpc) is 3.50. The fourth-order valence-corrected chi connectivity index (χ4v) is 6.27. The van der Waals surface area contributed by atoms with Crippen molar-refractivity contribution < 1.29 is 28.7 Å². The van der Waals surface area contributed by atoms with Gasteiger partial charge in [-0.15, -0.1) is 0 Å². The van der Waals surface area contributed by atoms with Crippen molar-refractivity contribution in [2.24, 2.45) is 5.41 Å². The highest BCUT2D eigenvalue weighted by atomic mass is 16.5. The van der Waals surface area contributed by atoms with E-state index >= 15 is 0 Å². The van der Waals surface area contributed by atoms with Gasteiger partial charge in [0.2, 0.25) is 11.8 Å². The van der Waals surface area contributed by atoms with E-state index in [1.807, 2.05) is 19.1 Å². The molecule has 14 heteroatoms. The van der Waals surface area contributed by atoms with Crippen LogP contribution in [0.3, 0.4) is 0 Å². The van der Waals surface area contributed by atoms with E-state index in [1.165, 1.54) is 14.2 Å². The number of amides is 4. The molecule has 5 aromatic rings. The Labute approximate surface area is 313 Å². The molecule has 0 bridgehead atoms. The van der Waals surface area contributed by atoms with Crippen molar-refractivity contribution in [3.63, 3.8) is 0 Å². The first-order valence-electron chi connectivity index (χ1n) is 18.0. The van der Waals surface area contributed by atoms with E-state index in [1.54, 1.807) is 22.2 Å². The van der Waals surface area contributed by atoms with Crippen molar-refractivity contribution in [2.75, 3.05) is 40.4 Å². The molecule has 0 saturated heterocycles. The molecular formula is C40H46N8O6. The van der Waals surface area contributed by atoms with Gasteiger partial charge in [0.1, 0.15) is 24.7 Å². The maximum Gasteiger partial charge on any atom is 0.407 e. The molecule has 1 aliphatic rings. The second-order valence-electron chi connectivity index (χ2n) is 13.9. The number of methoxy groups -OCH3 is 2. The normalized spacial score (nSPS) is 12.9. The first-order chi connectivity index (χ1) is 26.1. The molecule has 1 saturated carbocycles. The van der Waals surface area contributed by atoms with Crippen molar-refractivity contribution in [1.82, 2.24) is 40.4 Å². The molecule has 0 radical (unpaired) electrons. The lowest BCUT2D eigenvalue weighted by atomic mass is 9.98. The molecule has 4 amide bonds. The monoisotopic (exact) mass is 734 g/mol. The zero-order valence-electron chi connectivity index (χ0n) is 31.0. The fraction of sp³-hybridized carbons (Fsp3) is 0.350. The minimum absolute atomic E-state index is 0.0912. The largest absolute Gasteiger partial charge is 0.453 e. The Morgan fingerprint density at radius 2 is 1.19 bits per heavy atom. The number of fused-ring (bicyclic) bond motifs is 1. The van der Waals surface area contributed by atoms with Gasteiger partial charge in [0.05, 0.1) is 51.1 Å². The minimum Gasteiger partial charge on any atom is -0.453 e. The number of hydrogen-bond donors (Lipinski definition) is 4. The van der Waals surface area contributed by atoms with Gasteiger partial charge in [-0.05, 0) is 64.3 Å². The predicted molar refractivity (Wildman–Crippen MR) is 204 cm³/mol. The molecule has 0 aliphatic heterocycles. The molecule has 0 atom stereocenters. The summed E-state index contributed by atoms with van der Waals surface area (Å²) in [5, 5.41) is 7.10. The Morgan fingerprint density at radius 1 is 0.704 bits per heavy atom. The van der Waals surface area contributed by atoms with Gasteiger partial charge in [-0.25, -0.2) is 19.6 Å². The Bertz CT molecular complexity index is 2120. The molecule has 1 aliphatic carbocycles. The second-order valence-corrected chi connectivity index (χ2v) is 13.9. The van der Waals surface area contributed by atoms with E-state index < -0.39 is 12.2 Å². The summed E-state index contributed by atoms with van der Waals surface area (Å²) >= 11 is 0. The van der Waals surface area contributed by atoms with Crippen molar-refractivity contribution in [3.8, 4) is 33.6 Å². The van der Waals surface area contributed by atoms with Crippen LogP contribution in [-0.4, -0.2) is 94.1 Å². The van der Waals surface area contributed by atoms with E-state index in [0.29, 0.717) is 37.8 Å². The first-order valence-corrected chi connectivity index (χ1v) is 18.0. The van der Waals surface area contributed by atoms with Crippen LogP contribution >= 0.6 is 0 Å². The van der Waals surface area contributed by atoms with E-state index in [-0.39, 0.29) is 30.3 Å². The summed E-state index contributed by atoms with van der Waals surface area (Å²) in [5.74, 6) is 0.916. The Balaban J connectivity index is 1.10. The molecule has 2 aromatic heterocycles. The number of aromatic nitrogens is 4. The number of aromatic amines is 2. The van der Waals surface area contributed by atoms with Crippen LogP contribution in [0.15, 0.2) is 73.1 Å². The molecule has 0 unspecified atom stereocenters. The summed E-state index contributed by atoms with van der Waals surface area (Å²) in [6, 6.07) is 20.9. The third-order valence-corrected chi connectivity index (χ3v) is 9.63. The SMILES string of the molecule is CCCN(Cc1ncc(-c2ccc(-c3ccc4cc(-c5cnc(CN(CC6(C)CC6)C(=O)CNC(=O)OC)[nH]5)ccc4c3)cc2)[nH]1)C(=O)CNC(=O)OC. The number of carbonyl (C=O) groups excluding carboxylic acids is 4. The maximum absolute atomic E-state index is 13.0. The van der Waals surface area contributed by atoms with Gasteiger partial charge in [-0.1, -0.05) is 62.4 Å². The van der Waals surface area contributed by atoms with Gasteiger partial charge in [0, 0.05) is 18.7 Å². The average molecular weight is 735 g/mol. The molecule has 282 valence electrons. The van der Waals surface area contributed by atoms with Crippen LogP contribution in [0.5, 0.6) is 0 Å². The van der Waals surface area contributed by atoms with Crippen molar-refractivity contribution in [3.05, 3.63) is 84.7 Å². The van der Waals surface area contributed by atoms with Crippen LogP contribution in [0, 0.1) is 5.41 Å². The third-order valence-electron chi connectivity index (χ3n) is 9.63. The van der Waals surface area contributed by atoms with E-state index in [9.17, 15) is 19.2 Å². The number of carbonyl (C=O) groups is 4. The molecule has 6 rings (SSSR count). The fourth-order valence-electron chi connectivity index (χ4n) is 6.27. The third kappa shape index (κ3) is 9.43.